The molecule has 7 heteroatoms. The van der Waals surface area contributed by atoms with Gasteiger partial charge in [0.2, 0.25) is 0 Å². The lowest BCUT2D eigenvalue weighted by Crippen LogP contribution is -2.38. The highest BCUT2D eigenvalue weighted by Crippen LogP contribution is 2.39. The normalized spacial score (nSPS) is 20.4. The molecule has 1 aliphatic carbocycles. The molecule has 152 valence electrons. The fraction of sp³-hybridized carbons (Fsp3) is 0.667. The Kier molecular flexibility index (Phi) is 5.80. The molecule has 0 unspecified atom stereocenters. The van der Waals surface area contributed by atoms with Gasteiger partial charge in [-0.25, -0.2) is 4.68 Å². The lowest BCUT2D eigenvalue weighted by molar-refractivity contribution is 0.146. The zero-order chi connectivity index (χ0) is 19.5. The number of aromatic nitrogens is 4. The van der Waals surface area contributed by atoms with E-state index in [1.165, 1.54) is 25.7 Å². The van der Waals surface area contributed by atoms with Gasteiger partial charge in [-0.15, -0.1) is 5.10 Å². The Bertz CT molecular complexity index is 779. The number of nitrogens with zero attached hydrogens (tertiary/aromatic N) is 5. The Morgan fingerprint density at radius 3 is 2.46 bits per heavy atom. The lowest BCUT2D eigenvalue weighted by atomic mass is 9.94. The maximum atomic E-state index is 5.76. The average Bonchev–Trinajstić information content (AvgIpc) is 3.41. The van der Waals surface area contributed by atoms with Gasteiger partial charge in [0.25, 0.3) is 0 Å². The van der Waals surface area contributed by atoms with E-state index in [2.05, 4.69) is 38.1 Å². The third-order valence-corrected chi connectivity index (χ3v) is 6.35. The third-order valence-electron chi connectivity index (χ3n) is 6.35. The Labute approximate surface area is 167 Å². The molecule has 1 atom stereocenters. The number of hydrogen-bond donors (Lipinski definition) is 0. The summed E-state index contributed by atoms with van der Waals surface area (Å²) in [5.74, 6) is 3.32. The molecular formula is C21H31N5O2. The van der Waals surface area contributed by atoms with Crippen LogP contribution in [-0.4, -0.2) is 52.4 Å². The Morgan fingerprint density at radius 2 is 1.79 bits per heavy atom. The van der Waals surface area contributed by atoms with Gasteiger partial charge in [-0.3, -0.25) is 4.90 Å². The second kappa shape index (κ2) is 8.47. The predicted molar refractivity (Wildman–Crippen MR) is 107 cm³/mol. The van der Waals surface area contributed by atoms with Crippen molar-refractivity contribution >= 4 is 0 Å². The molecule has 1 aliphatic heterocycles. The van der Waals surface area contributed by atoms with Crippen LogP contribution < -0.4 is 9.47 Å². The summed E-state index contributed by atoms with van der Waals surface area (Å²) in [6.07, 6.45) is 7.20. The van der Waals surface area contributed by atoms with Gasteiger partial charge in [0.05, 0.1) is 20.3 Å². The van der Waals surface area contributed by atoms with Crippen molar-refractivity contribution < 1.29 is 9.47 Å². The molecule has 4 rings (SSSR count). The molecule has 0 amide bonds. The predicted octanol–water partition coefficient (Wildman–Crippen LogP) is 3.63. The van der Waals surface area contributed by atoms with E-state index in [4.69, 9.17) is 9.47 Å². The molecule has 2 fully saturated rings. The largest absolute Gasteiger partial charge is 0.497 e. The zero-order valence-corrected chi connectivity index (χ0v) is 17.2. The van der Waals surface area contributed by atoms with Crippen molar-refractivity contribution in [2.75, 3.05) is 27.3 Å². The summed E-state index contributed by atoms with van der Waals surface area (Å²) in [6.45, 7) is 4.42. The van der Waals surface area contributed by atoms with Crippen LogP contribution in [0.15, 0.2) is 18.2 Å². The summed E-state index contributed by atoms with van der Waals surface area (Å²) in [4.78, 5) is 2.52. The van der Waals surface area contributed by atoms with Crippen molar-refractivity contribution in [2.45, 2.75) is 57.5 Å². The van der Waals surface area contributed by atoms with Gasteiger partial charge in [-0.2, -0.15) is 0 Å². The quantitative estimate of drug-likeness (QED) is 0.757. The maximum absolute atomic E-state index is 5.76. The first-order valence-corrected chi connectivity index (χ1v) is 10.4. The summed E-state index contributed by atoms with van der Waals surface area (Å²) in [6, 6.07) is 6.46. The topological polar surface area (TPSA) is 65.3 Å². The monoisotopic (exact) mass is 385 g/mol. The highest BCUT2D eigenvalue weighted by Gasteiger charge is 2.34. The van der Waals surface area contributed by atoms with E-state index in [0.29, 0.717) is 6.04 Å². The van der Waals surface area contributed by atoms with Crippen molar-refractivity contribution in [2.24, 2.45) is 5.92 Å². The molecule has 2 aliphatic rings. The number of methoxy groups -OCH3 is 2. The van der Waals surface area contributed by atoms with Crippen molar-refractivity contribution in [3.63, 3.8) is 0 Å². The maximum Gasteiger partial charge on any atom is 0.173 e. The Hall–Kier alpha value is -2.15. The minimum Gasteiger partial charge on any atom is -0.497 e. The molecule has 2 aromatic rings. The summed E-state index contributed by atoms with van der Waals surface area (Å²) < 4.78 is 13.2. The Morgan fingerprint density at radius 1 is 1.04 bits per heavy atom. The summed E-state index contributed by atoms with van der Waals surface area (Å²) in [5, 5.41) is 13.0. The number of ether oxygens (including phenoxy) is 2. The van der Waals surface area contributed by atoms with E-state index in [1.54, 1.807) is 14.2 Å². The molecule has 28 heavy (non-hydrogen) atoms. The van der Waals surface area contributed by atoms with Crippen LogP contribution in [0.2, 0.25) is 0 Å². The average molecular weight is 386 g/mol. The molecule has 0 bridgehead atoms. The Balaban J connectivity index is 1.76. The third kappa shape index (κ3) is 3.72. The molecule has 7 nitrogen and oxygen atoms in total. The van der Waals surface area contributed by atoms with Gasteiger partial charge in [0.15, 0.2) is 5.82 Å². The molecule has 1 saturated heterocycles. The first-order valence-electron chi connectivity index (χ1n) is 10.4. The van der Waals surface area contributed by atoms with Crippen molar-refractivity contribution in [3.8, 4) is 11.5 Å². The minimum absolute atomic E-state index is 0.0102. The molecule has 0 N–H and O–H groups in total. The van der Waals surface area contributed by atoms with Crippen LogP contribution in [0.5, 0.6) is 11.5 Å². The highest BCUT2D eigenvalue weighted by atomic mass is 16.5. The zero-order valence-electron chi connectivity index (χ0n) is 17.2. The van der Waals surface area contributed by atoms with Crippen LogP contribution in [0, 0.1) is 5.92 Å². The second-order valence-corrected chi connectivity index (χ2v) is 8.15. The number of benzene rings is 1. The number of likely N-dealkylation sites (tertiary alicyclic amines) is 1. The van der Waals surface area contributed by atoms with E-state index in [0.717, 1.165) is 54.7 Å². The van der Waals surface area contributed by atoms with E-state index in [-0.39, 0.29) is 6.04 Å². The highest BCUT2D eigenvalue weighted by molar-refractivity contribution is 5.44. The number of tetrazole rings is 1. The van der Waals surface area contributed by atoms with Gasteiger partial charge < -0.3 is 9.47 Å². The molecule has 2 heterocycles. The molecule has 1 aromatic heterocycles. The van der Waals surface area contributed by atoms with Crippen LogP contribution in [0.4, 0.5) is 0 Å². The minimum atomic E-state index is -0.0102. The van der Waals surface area contributed by atoms with E-state index in [1.807, 2.05) is 12.1 Å². The molecule has 0 radical (unpaired) electrons. The first kappa shape index (κ1) is 19.2. The van der Waals surface area contributed by atoms with Crippen LogP contribution in [0.25, 0.3) is 0 Å². The second-order valence-electron chi connectivity index (χ2n) is 8.15. The summed E-state index contributed by atoms with van der Waals surface area (Å²) in [7, 11) is 3.39. The fourth-order valence-electron chi connectivity index (χ4n) is 4.62. The number of rotatable bonds is 6. The summed E-state index contributed by atoms with van der Waals surface area (Å²) >= 11 is 0. The van der Waals surface area contributed by atoms with Crippen LogP contribution >= 0.6 is 0 Å². The molecule has 1 saturated carbocycles. The lowest BCUT2D eigenvalue weighted by Gasteiger charge is -2.37. The van der Waals surface area contributed by atoms with Crippen molar-refractivity contribution in [3.05, 3.63) is 29.6 Å². The molecule has 1 aromatic carbocycles. The van der Waals surface area contributed by atoms with Crippen molar-refractivity contribution in [1.29, 1.82) is 0 Å². The summed E-state index contributed by atoms with van der Waals surface area (Å²) in [5.41, 5.74) is 1.10. The van der Waals surface area contributed by atoms with Gasteiger partial charge in [-0.05, 0) is 67.3 Å². The van der Waals surface area contributed by atoms with E-state index < -0.39 is 0 Å². The van der Waals surface area contributed by atoms with Crippen LogP contribution in [0.3, 0.4) is 0 Å². The molecular weight excluding hydrogens is 354 g/mol. The molecule has 0 spiro atoms. The SMILES string of the molecule is COc1ccc([C@H](c2nnnn2C2CCCC2)N2CCC(C)CC2)c(OC)c1. The number of hydrogen-bond acceptors (Lipinski definition) is 6. The van der Waals surface area contributed by atoms with Crippen LogP contribution in [-0.2, 0) is 0 Å². The van der Waals surface area contributed by atoms with Crippen molar-refractivity contribution in [1.82, 2.24) is 25.1 Å². The van der Waals surface area contributed by atoms with Crippen LogP contribution in [0.1, 0.15) is 68.9 Å². The van der Waals surface area contributed by atoms with Gasteiger partial charge in [0.1, 0.15) is 17.5 Å². The van der Waals surface area contributed by atoms with E-state index >= 15 is 0 Å². The van der Waals surface area contributed by atoms with Gasteiger partial charge in [0, 0.05) is 11.6 Å². The standard InChI is InChI=1S/C21H31N5O2/c1-15-10-12-25(13-11-15)20(18-9-8-17(27-2)14-19(18)28-3)21-22-23-24-26(21)16-6-4-5-7-16/h8-9,14-16,20H,4-7,10-13H2,1-3H3/t20-/m1/s1. The van der Waals surface area contributed by atoms with Gasteiger partial charge >= 0.3 is 0 Å². The van der Waals surface area contributed by atoms with Gasteiger partial charge in [-0.1, -0.05) is 19.8 Å². The van der Waals surface area contributed by atoms with E-state index in [9.17, 15) is 0 Å². The smallest absolute Gasteiger partial charge is 0.173 e. The number of piperidine rings is 1. The first-order chi connectivity index (χ1) is 13.7. The fourth-order valence-corrected chi connectivity index (χ4v) is 4.62.